The molecule has 0 radical (unpaired) electrons. The third kappa shape index (κ3) is 2.28. The first-order valence-corrected chi connectivity index (χ1v) is 6.46. The Balaban J connectivity index is 2.46. The molecule has 0 saturated carbocycles. The van der Waals surface area contributed by atoms with E-state index in [1.54, 1.807) is 36.4 Å². The maximum absolute atomic E-state index is 11.9. The molecule has 104 valence electrons. The van der Waals surface area contributed by atoms with Crippen LogP contribution in [0.25, 0.3) is 22.0 Å². The molecule has 1 aromatic carbocycles. The van der Waals surface area contributed by atoms with Crippen LogP contribution in [0.1, 0.15) is 10.5 Å². The molecule has 2 N–H and O–H groups in total. The second-order valence-corrected chi connectivity index (χ2v) is 4.85. The van der Waals surface area contributed by atoms with E-state index in [2.05, 4.69) is 9.97 Å². The summed E-state index contributed by atoms with van der Waals surface area (Å²) in [4.78, 5) is 29.8. The molecular weight excluding hydrogens is 292 g/mol. The molecule has 3 aromatic rings. The summed E-state index contributed by atoms with van der Waals surface area (Å²) < 4.78 is 0. The molecule has 2 aromatic heterocycles. The number of hydrogen-bond donors (Lipinski definition) is 2. The van der Waals surface area contributed by atoms with Crippen molar-refractivity contribution in [2.24, 2.45) is 0 Å². The Labute approximate surface area is 123 Å². The molecule has 0 aliphatic rings. The summed E-state index contributed by atoms with van der Waals surface area (Å²) in [7, 11) is 0. The van der Waals surface area contributed by atoms with Crippen molar-refractivity contribution in [3.8, 4) is 11.1 Å². The smallest absolute Gasteiger partial charge is 0.353 e. The molecule has 5 nitrogen and oxygen atoms in total. The molecule has 0 spiro atoms. The average Bonchev–Trinajstić information content (AvgIpc) is 2.48. The molecule has 0 aliphatic carbocycles. The Morgan fingerprint density at radius 2 is 1.90 bits per heavy atom. The van der Waals surface area contributed by atoms with Gasteiger partial charge >= 0.3 is 5.97 Å². The number of carbonyl (C=O) groups is 1. The van der Waals surface area contributed by atoms with E-state index in [9.17, 15) is 14.7 Å². The van der Waals surface area contributed by atoms with E-state index >= 15 is 0 Å². The van der Waals surface area contributed by atoms with Crippen LogP contribution >= 0.6 is 11.6 Å². The van der Waals surface area contributed by atoms with Crippen LogP contribution < -0.4 is 5.56 Å². The van der Waals surface area contributed by atoms with E-state index in [0.29, 0.717) is 21.5 Å². The highest BCUT2D eigenvalue weighted by molar-refractivity contribution is 6.30. The molecule has 0 amide bonds. The van der Waals surface area contributed by atoms with E-state index in [4.69, 9.17) is 11.6 Å². The lowest BCUT2D eigenvalue weighted by Gasteiger charge is -2.10. The van der Waals surface area contributed by atoms with Crippen LogP contribution in [0, 0.1) is 0 Å². The van der Waals surface area contributed by atoms with Crippen molar-refractivity contribution in [3.05, 3.63) is 63.7 Å². The first kappa shape index (κ1) is 13.3. The van der Waals surface area contributed by atoms with Crippen molar-refractivity contribution in [2.75, 3.05) is 0 Å². The van der Waals surface area contributed by atoms with Crippen LogP contribution in [0.3, 0.4) is 0 Å². The quantitative estimate of drug-likeness (QED) is 0.762. The van der Waals surface area contributed by atoms with Gasteiger partial charge in [-0.15, -0.1) is 0 Å². The standard InChI is InChI=1S/C15H9ClN2O3/c16-9-5-3-8(4-6-9)11-10-2-1-7-17-12(10)14(19)18-13(11)15(20)21/h1-7H,(H,18,19)(H,20,21). The molecule has 0 aliphatic heterocycles. The molecule has 3 rings (SSSR count). The number of aromatic nitrogens is 2. The zero-order valence-electron chi connectivity index (χ0n) is 10.6. The first-order valence-electron chi connectivity index (χ1n) is 6.08. The minimum absolute atomic E-state index is 0.164. The molecule has 6 heteroatoms. The number of carboxylic acid groups (broad SMARTS) is 1. The predicted molar refractivity (Wildman–Crippen MR) is 79.8 cm³/mol. The van der Waals surface area contributed by atoms with Crippen molar-refractivity contribution >= 4 is 28.5 Å². The Bertz CT molecular complexity index is 901. The molecule has 0 fully saturated rings. The van der Waals surface area contributed by atoms with Crippen LogP contribution in [-0.4, -0.2) is 21.0 Å². The number of rotatable bonds is 2. The van der Waals surface area contributed by atoms with Crippen LogP contribution in [0.4, 0.5) is 0 Å². The van der Waals surface area contributed by atoms with Gasteiger partial charge in [0, 0.05) is 22.2 Å². The first-order chi connectivity index (χ1) is 10.1. The topological polar surface area (TPSA) is 83.0 Å². The number of nitrogens with one attached hydrogen (secondary N) is 1. The fraction of sp³-hybridized carbons (Fsp3) is 0. The summed E-state index contributed by atoms with van der Waals surface area (Å²) in [6.07, 6.45) is 1.49. The predicted octanol–water partition coefficient (Wildman–Crippen LogP) is 2.94. The van der Waals surface area contributed by atoms with Gasteiger partial charge in [0.25, 0.3) is 5.56 Å². The van der Waals surface area contributed by atoms with Gasteiger partial charge in [0.2, 0.25) is 0 Å². The number of halogens is 1. The number of aromatic amines is 1. The third-order valence-corrected chi connectivity index (χ3v) is 3.38. The number of carboxylic acids is 1. The number of aromatic carboxylic acids is 1. The summed E-state index contributed by atoms with van der Waals surface area (Å²) in [5.41, 5.74) is 0.573. The maximum Gasteiger partial charge on any atom is 0.353 e. The van der Waals surface area contributed by atoms with Crippen molar-refractivity contribution < 1.29 is 9.90 Å². The molecule has 0 saturated heterocycles. The van der Waals surface area contributed by atoms with Gasteiger partial charge in [0.15, 0.2) is 0 Å². The minimum Gasteiger partial charge on any atom is -0.477 e. The van der Waals surface area contributed by atoms with Crippen LogP contribution in [0.5, 0.6) is 0 Å². The SMILES string of the molecule is O=C(O)c1[nH]c(=O)c2ncccc2c1-c1ccc(Cl)cc1. The third-order valence-electron chi connectivity index (χ3n) is 3.13. The van der Waals surface area contributed by atoms with Gasteiger partial charge in [0.05, 0.1) is 0 Å². The number of fused-ring (bicyclic) bond motifs is 1. The fourth-order valence-electron chi connectivity index (χ4n) is 2.23. The average molecular weight is 301 g/mol. The van der Waals surface area contributed by atoms with Crippen LogP contribution in [-0.2, 0) is 0 Å². The summed E-state index contributed by atoms with van der Waals surface area (Å²) in [5.74, 6) is -1.21. The monoisotopic (exact) mass is 300 g/mol. The van der Waals surface area contributed by atoms with Gasteiger partial charge in [-0.2, -0.15) is 0 Å². The molecular formula is C15H9ClN2O3. The minimum atomic E-state index is -1.21. The largest absolute Gasteiger partial charge is 0.477 e. The van der Waals surface area contributed by atoms with E-state index in [0.717, 1.165) is 0 Å². The zero-order chi connectivity index (χ0) is 15.0. The summed E-state index contributed by atoms with van der Waals surface area (Å²) in [6, 6.07) is 10.1. The number of benzene rings is 1. The Kier molecular flexibility index (Phi) is 3.19. The Morgan fingerprint density at radius 3 is 2.57 bits per heavy atom. The van der Waals surface area contributed by atoms with E-state index in [-0.39, 0.29) is 11.2 Å². The second kappa shape index (κ2) is 5.03. The van der Waals surface area contributed by atoms with Crippen molar-refractivity contribution in [1.82, 2.24) is 9.97 Å². The Hall–Kier alpha value is -2.66. The van der Waals surface area contributed by atoms with Crippen molar-refractivity contribution in [2.45, 2.75) is 0 Å². The zero-order valence-corrected chi connectivity index (χ0v) is 11.4. The lowest BCUT2D eigenvalue weighted by atomic mass is 9.99. The van der Waals surface area contributed by atoms with Crippen molar-refractivity contribution in [3.63, 3.8) is 0 Å². The van der Waals surface area contributed by atoms with E-state index in [1.165, 1.54) is 6.20 Å². The fourth-order valence-corrected chi connectivity index (χ4v) is 2.36. The van der Waals surface area contributed by atoms with Gasteiger partial charge in [-0.1, -0.05) is 29.8 Å². The molecule has 0 unspecified atom stereocenters. The molecule has 0 bridgehead atoms. The number of hydrogen-bond acceptors (Lipinski definition) is 3. The van der Waals surface area contributed by atoms with Crippen LogP contribution in [0.2, 0.25) is 5.02 Å². The summed E-state index contributed by atoms with van der Waals surface area (Å²) in [6.45, 7) is 0. The van der Waals surface area contributed by atoms with E-state index < -0.39 is 11.5 Å². The maximum atomic E-state index is 11.9. The van der Waals surface area contributed by atoms with Crippen LogP contribution in [0.15, 0.2) is 47.4 Å². The van der Waals surface area contributed by atoms with Gasteiger partial charge in [-0.25, -0.2) is 4.79 Å². The molecule has 21 heavy (non-hydrogen) atoms. The molecule has 2 heterocycles. The van der Waals surface area contributed by atoms with E-state index in [1.807, 2.05) is 0 Å². The Morgan fingerprint density at radius 1 is 1.19 bits per heavy atom. The van der Waals surface area contributed by atoms with Gasteiger partial charge < -0.3 is 10.1 Å². The lowest BCUT2D eigenvalue weighted by molar-refractivity contribution is 0.0691. The second-order valence-electron chi connectivity index (χ2n) is 4.42. The summed E-state index contributed by atoms with van der Waals surface area (Å²) >= 11 is 5.86. The lowest BCUT2D eigenvalue weighted by Crippen LogP contribution is -2.16. The number of H-pyrrole nitrogens is 1. The number of pyridine rings is 2. The number of nitrogens with zero attached hydrogens (tertiary/aromatic N) is 1. The van der Waals surface area contributed by atoms with Crippen molar-refractivity contribution in [1.29, 1.82) is 0 Å². The van der Waals surface area contributed by atoms with Gasteiger partial charge in [-0.05, 0) is 23.8 Å². The summed E-state index contributed by atoms with van der Waals surface area (Å²) in [5, 5.41) is 10.4. The highest BCUT2D eigenvalue weighted by Gasteiger charge is 2.18. The highest BCUT2D eigenvalue weighted by Crippen LogP contribution is 2.29. The highest BCUT2D eigenvalue weighted by atomic mass is 35.5. The normalized spacial score (nSPS) is 10.7. The molecule has 0 atom stereocenters. The van der Waals surface area contributed by atoms with Gasteiger partial charge in [-0.3, -0.25) is 9.78 Å². The van der Waals surface area contributed by atoms with Gasteiger partial charge in [0.1, 0.15) is 11.2 Å².